The molecule has 0 aliphatic heterocycles. The fourth-order valence-electron chi connectivity index (χ4n) is 2.05. The molecule has 0 saturated carbocycles. The van der Waals surface area contributed by atoms with Crippen molar-refractivity contribution in [1.82, 2.24) is 4.72 Å². The van der Waals surface area contributed by atoms with Crippen LogP contribution in [0.4, 0.5) is 11.4 Å². The maximum Gasteiger partial charge on any atom is 0.242 e. The molecule has 0 radical (unpaired) electrons. The van der Waals surface area contributed by atoms with Crippen LogP contribution in [0.15, 0.2) is 53.4 Å². The van der Waals surface area contributed by atoms with E-state index < -0.39 is 10.0 Å². The van der Waals surface area contributed by atoms with Gasteiger partial charge in [0.25, 0.3) is 0 Å². The molecule has 0 aromatic heterocycles. The first-order chi connectivity index (χ1) is 9.94. The largest absolute Gasteiger partial charge is 0.399 e. The van der Waals surface area contributed by atoms with Gasteiger partial charge in [-0.25, -0.2) is 13.1 Å². The summed E-state index contributed by atoms with van der Waals surface area (Å²) < 4.78 is 26.5. The molecule has 0 bridgehead atoms. The normalized spacial score (nSPS) is 12.9. The Balaban J connectivity index is 2.37. The zero-order valence-corrected chi connectivity index (χ0v) is 12.8. The molecule has 112 valence electrons. The van der Waals surface area contributed by atoms with Gasteiger partial charge in [0.1, 0.15) is 4.90 Å². The number of nitrogens with two attached hydrogens (primary N) is 1. The summed E-state index contributed by atoms with van der Waals surface area (Å²) in [7, 11) is -2.19. The van der Waals surface area contributed by atoms with Crippen molar-refractivity contribution in [2.75, 3.05) is 18.1 Å². The van der Waals surface area contributed by atoms with Crippen LogP contribution in [0.25, 0.3) is 0 Å². The summed E-state index contributed by atoms with van der Waals surface area (Å²) in [6.07, 6.45) is 0. The lowest BCUT2D eigenvalue weighted by Gasteiger charge is -2.18. The Morgan fingerprint density at radius 1 is 1.10 bits per heavy atom. The maximum absolute atomic E-state index is 12.1. The average Bonchev–Trinajstić information content (AvgIpc) is 2.49. The van der Waals surface area contributed by atoms with Gasteiger partial charge in [-0.1, -0.05) is 30.3 Å². The quantitative estimate of drug-likeness (QED) is 0.740. The molecule has 2 rings (SSSR count). The van der Waals surface area contributed by atoms with E-state index in [1.807, 2.05) is 37.3 Å². The standard InChI is InChI=1S/C15H19N3O2S/c1-11(12-6-4-3-5-7-12)18-14-9-8-13(16)10-15(14)21(19,20)17-2/h3-11,17-18H,16H2,1-2H3. The van der Waals surface area contributed by atoms with Crippen molar-refractivity contribution >= 4 is 21.4 Å². The summed E-state index contributed by atoms with van der Waals surface area (Å²) in [4.78, 5) is 0.146. The molecule has 0 heterocycles. The van der Waals surface area contributed by atoms with Crippen molar-refractivity contribution in [1.29, 1.82) is 0 Å². The third-order valence-corrected chi connectivity index (χ3v) is 4.69. The van der Waals surface area contributed by atoms with E-state index in [4.69, 9.17) is 5.73 Å². The van der Waals surface area contributed by atoms with Gasteiger partial charge in [-0.15, -0.1) is 0 Å². The highest BCUT2D eigenvalue weighted by Crippen LogP contribution is 2.27. The fraction of sp³-hybridized carbons (Fsp3) is 0.200. The smallest absolute Gasteiger partial charge is 0.242 e. The van der Waals surface area contributed by atoms with Crippen molar-refractivity contribution in [3.63, 3.8) is 0 Å². The third kappa shape index (κ3) is 3.53. The monoisotopic (exact) mass is 305 g/mol. The third-order valence-electron chi connectivity index (χ3n) is 3.24. The molecule has 1 unspecified atom stereocenters. The average molecular weight is 305 g/mol. The van der Waals surface area contributed by atoms with E-state index >= 15 is 0 Å². The van der Waals surface area contributed by atoms with E-state index in [1.54, 1.807) is 12.1 Å². The van der Waals surface area contributed by atoms with E-state index in [9.17, 15) is 8.42 Å². The molecule has 21 heavy (non-hydrogen) atoms. The van der Waals surface area contributed by atoms with Gasteiger partial charge in [-0.2, -0.15) is 0 Å². The highest BCUT2D eigenvalue weighted by Gasteiger charge is 2.18. The van der Waals surface area contributed by atoms with Crippen LogP contribution in [0.5, 0.6) is 0 Å². The lowest BCUT2D eigenvalue weighted by molar-refractivity contribution is 0.588. The number of hydrogen-bond donors (Lipinski definition) is 3. The molecule has 5 nitrogen and oxygen atoms in total. The predicted octanol–water partition coefficient (Wildman–Crippen LogP) is 2.35. The number of nitrogen functional groups attached to an aromatic ring is 1. The van der Waals surface area contributed by atoms with Crippen LogP contribution in [-0.4, -0.2) is 15.5 Å². The molecule has 0 aliphatic carbocycles. The first kappa shape index (κ1) is 15.3. The van der Waals surface area contributed by atoms with Gasteiger partial charge < -0.3 is 11.1 Å². The van der Waals surface area contributed by atoms with Gasteiger partial charge in [0.2, 0.25) is 10.0 Å². The number of hydrogen-bond acceptors (Lipinski definition) is 4. The Kier molecular flexibility index (Phi) is 4.50. The van der Waals surface area contributed by atoms with Crippen molar-refractivity contribution in [2.24, 2.45) is 0 Å². The molecule has 1 atom stereocenters. The van der Waals surface area contributed by atoms with Crippen LogP contribution in [0.2, 0.25) is 0 Å². The second-order valence-electron chi connectivity index (χ2n) is 4.74. The zero-order valence-electron chi connectivity index (χ0n) is 12.0. The minimum atomic E-state index is -3.57. The number of sulfonamides is 1. The Hall–Kier alpha value is -2.05. The van der Waals surface area contributed by atoms with Crippen LogP contribution in [-0.2, 0) is 10.0 Å². The van der Waals surface area contributed by atoms with E-state index in [0.717, 1.165) is 5.56 Å². The van der Waals surface area contributed by atoms with Crippen molar-refractivity contribution in [2.45, 2.75) is 17.9 Å². The summed E-state index contributed by atoms with van der Waals surface area (Å²) in [5.41, 5.74) is 7.70. The second kappa shape index (κ2) is 6.15. The summed E-state index contributed by atoms with van der Waals surface area (Å²) >= 11 is 0. The van der Waals surface area contributed by atoms with Gasteiger partial charge in [0.05, 0.1) is 5.69 Å². The van der Waals surface area contributed by atoms with Crippen LogP contribution in [0.3, 0.4) is 0 Å². The Bertz CT molecular complexity index is 715. The van der Waals surface area contributed by atoms with Gasteiger partial charge in [-0.3, -0.25) is 0 Å². The lowest BCUT2D eigenvalue weighted by atomic mass is 10.1. The fourth-order valence-corrected chi connectivity index (χ4v) is 2.98. The summed E-state index contributed by atoms with van der Waals surface area (Å²) in [6.45, 7) is 1.97. The van der Waals surface area contributed by atoms with Crippen LogP contribution in [0, 0.1) is 0 Å². The number of benzene rings is 2. The van der Waals surface area contributed by atoms with Crippen molar-refractivity contribution < 1.29 is 8.42 Å². The molecule has 0 amide bonds. The molecule has 0 aliphatic rings. The Morgan fingerprint density at radius 2 is 1.76 bits per heavy atom. The van der Waals surface area contributed by atoms with Crippen LogP contribution in [0.1, 0.15) is 18.5 Å². The molecule has 2 aromatic rings. The summed E-state index contributed by atoms with van der Waals surface area (Å²) in [5.74, 6) is 0. The van der Waals surface area contributed by atoms with E-state index in [2.05, 4.69) is 10.0 Å². The number of nitrogens with one attached hydrogen (secondary N) is 2. The van der Waals surface area contributed by atoms with E-state index in [1.165, 1.54) is 13.1 Å². The topological polar surface area (TPSA) is 84.2 Å². The molecule has 2 aromatic carbocycles. The van der Waals surface area contributed by atoms with Crippen LogP contribution < -0.4 is 15.8 Å². The van der Waals surface area contributed by atoms with Gasteiger partial charge in [0, 0.05) is 11.7 Å². The molecule has 6 heteroatoms. The predicted molar refractivity (Wildman–Crippen MR) is 85.6 cm³/mol. The highest BCUT2D eigenvalue weighted by atomic mass is 32.2. The van der Waals surface area contributed by atoms with Gasteiger partial charge in [0.15, 0.2) is 0 Å². The number of rotatable bonds is 5. The molecular formula is C15H19N3O2S. The Labute approximate surface area is 125 Å². The minimum absolute atomic E-state index is 0.0272. The van der Waals surface area contributed by atoms with E-state index in [-0.39, 0.29) is 10.9 Å². The van der Waals surface area contributed by atoms with Gasteiger partial charge >= 0.3 is 0 Å². The molecule has 0 spiro atoms. The minimum Gasteiger partial charge on any atom is -0.399 e. The van der Waals surface area contributed by atoms with Crippen molar-refractivity contribution in [3.8, 4) is 0 Å². The van der Waals surface area contributed by atoms with E-state index in [0.29, 0.717) is 11.4 Å². The van der Waals surface area contributed by atoms with Crippen molar-refractivity contribution in [3.05, 3.63) is 54.1 Å². The molecular weight excluding hydrogens is 286 g/mol. The highest BCUT2D eigenvalue weighted by molar-refractivity contribution is 7.89. The lowest BCUT2D eigenvalue weighted by Crippen LogP contribution is -2.21. The van der Waals surface area contributed by atoms with Gasteiger partial charge in [-0.05, 0) is 37.7 Å². The first-order valence-corrected chi connectivity index (χ1v) is 8.07. The second-order valence-corrected chi connectivity index (χ2v) is 6.59. The summed E-state index contributed by atoms with van der Waals surface area (Å²) in [5, 5.41) is 3.22. The Morgan fingerprint density at radius 3 is 2.38 bits per heavy atom. The van der Waals surface area contributed by atoms with Crippen LogP contribution >= 0.6 is 0 Å². The zero-order chi connectivity index (χ0) is 15.5. The molecule has 4 N–H and O–H groups in total. The maximum atomic E-state index is 12.1. The number of anilines is 2. The molecule has 0 saturated heterocycles. The molecule has 0 fully saturated rings. The first-order valence-electron chi connectivity index (χ1n) is 6.58. The SMILES string of the molecule is CNS(=O)(=O)c1cc(N)ccc1NC(C)c1ccccc1. The summed E-state index contributed by atoms with van der Waals surface area (Å²) in [6, 6.07) is 14.6.